The zero-order chi connectivity index (χ0) is 23.0. The zero-order valence-corrected chi connectivity index (χ0v) is 18.6. The van der Waals surface area contributed by atoms with Crippen molar-refractivity contribution in [3.05, 3.63) is 71.3 Å². The Morgan fingerprint density at radius 1 is 1.09 bits per heavy atom. The molecule has 3 atom stereocenters. The normalized spacial score (nSPS) is 24.1. The van der Waals surface area contributed by atoms with E-state index in [-0.39, 0.29) is 18.1 Å². The molecule has 0 N–H and O–H groups in total. The van der Waals surface area contributed by atoms with E-state index in [0.29, 0.717) is 25.1 Å². The Bertz CT molecular complexity index is 1010. The van der Waals surface area contributed by atoms with E-state index in [2.05, 4.69) is 4.90 Å². The molecular formula is C25H28F2N2O3. The molecule has 4 rings (SSSR count). The average molecular weight is 443 g/mol. The van der Waals surface area contributed by atoms with Gasteiger partial charge in [-0.25, -0.2) is 18.5 Å². The summed E-state index contributed by atoms with van der Waals surface area (Å²) in [6.07, 6.45) is -0.174. The molecule has 0 spiro atoms. The van der Waals surface area contributed by atoms with Crippen molar-refractivity contribution in [1.82, 2.24) is 9.80 Å². The van der Waals surface area contributed by atoms with Crippen LogP contribution in [0.25, 0.3) is 0 Å². The van der Waals surface area contributed by atoms with Gasteiger partial charge >= 0.3 is 6.09 Å². The summed E-state index contributed by atoms with van der Waals surface area (Å²) in [6, 6.07) is 12.7. The Kier molecular flexibility index (Phi) is 6.03. The number of hydrogen-bond donors (Lipinski definition) is 0. The number of nitrogens with zero attached hydrogens (tertiary/aromatic N) is 2. The molecule has 32 heavy (non-hydrogen) atoms. The monoisotopic (exact) mass is 442 g/mol. The number of imide groups is 1. The highest BCUT2D eigenvalue weighted by Gasteiger charge is 2.48. The van der Waals surface area contributed by atoms with Crippen LogP contribution in [0, 0.1) is 17.6 Å². The minimum absolute atomic E-state index is 0.130. The lowest BCUT2D eigenvalue weighted by molar-refractivity contribution is -0.133. The quantitative estimate of drug-likeness (QED) is 0.706. The van der Waals surface area contributed by atoms with Crippen LogP contribution in [0.2, 0.25) is 0 Å². The number of carbonyl (C=O) groups excluding carboxylic acids is 2. The Labute approximate surface area is 187 Å². The van der Waals surface area contributed by atoms with Gasteiger partial charge in [-0.05, 0) is 44.4 Å². The van der Waals surface area contributed by atoms with E-state index in [1.165, 1.54) is 17.0 Å². The first-order valence-corrected chi connectivity index (χ1v) is 10.9. The van der Waals surface area contributed by atoms with E-state index in [1.807, 2.05) is 51.1 Å². The topological polar surface area (TPSA) is 49.9 Å². The maximum atomic E-state index is 14.7. The SMILES string of the molecule is CC(C)(C)N1CC(c2ccc(F)cc2F)[C@@H](C(=O)N2C(=O)OC[C@@H]2Cc2ccccc2)C1. The van der Waals surface area contributed by atoms with Gasteiger partial charge < -0.3 is 4.74 Å². The van der Waals surface area contributed by atoms with Crippen LogP contribution in [0.5, 0.6) is 0 Å². The first kappa shape index (κ1) is 22.4. The third-order valence-corrected chi connectivity index (χ3v) is 6.46. The van der Waals surface area contributed by atoms with Gasteiger partial charge in [-0.2, -0.15) is 0 Å². The summed E-state index contributed by atoms with van der Waals surface area (Å²) >= 11 is 0. The molecule has 0 bridgehead atoms. The standard InChI is InChI=1S/C25H28F2N2O3/c1-25(2,3)28-13-20(19-10-9-17(26)12-22(19)27)21(14-28)23(30)29-18(15-32-24(29)31)11-16-7-5-4-6-8-16/h4-10,12,18,20-21H,11,13-15H2,1-3H3/t18-,20?,21-/m0/s1. The first-order chi connectivity index (χ1) is 15.1. The van der Waals surface area contributed by atoms with Gasteiger partial charge in [0.1, 0.15) is 18.2 Å². The predicted molar refractivity (Wildman–Crippen MR) is 116 cm³/mol. The van der Waals surface area contributed by atoms with Crippen molar-refractivity contribution in [3.8, 4) is 0 Å². The second-order valence-corrected chi connectivity index (χ2v) is 9.58. The zero-order valence-electron chi connectivity index (χ0n) is 18.6. The molecule has 0 radical (unpaired) electrons. The molecular weight excluding hydrogens is 414 g/mol. The minimum Gasteiger partial charge on any atom is -0.447 e. The van der Waals surface area contributed by atoms with Gasteiger partial charge in [0.15, 0.2) is 0 Å². The summed E-state index contributed by atoms with van der Waals surface area (Å²) in [4.78, 5) is 29.6. The first-order valence-electron chi connectivity index (χ1n) is 10.9. The average Bonchev–Trinajstić information content (AvgIpc) is 3.33. The number of ether oxygens (including phenoxy) is 1. The van der Waals surface area contributed by atoms with E-state index in [4.69, 9.17) is 4.74 Å². The molecule has 0 aromatic heterocycles. The van der Waals surface area contributed by atoms with Crippen molar-refractivity contribution in [2.24, 2.45) is 5.92 Å². The number of likely N-dealkylation sites (tertiary alicyclic amines) is 1. The van der Waals surface area contributed by atoms with Gasteiger partial charge in [-0.1, -0.05) is 36.4 Å². The van der Waals surface area contributed by atoms with Crippen molar-refractivity contribution in [2.45, 2.75) is 44.7 Å². The van der Waals surface area contributed by atoms with Crippen molar-refractivity contribution < 1.29 is 23.1 Å². The predicted octanol–water partition coefficient (Wildman–Crippen LogP) is 4.37. The van der Waals surface area contributed by atoms with E-state index in [1.54, 1.807) is 0 Å². The van der Waals surface area contributed by atoms with Crippen molar-refractivity contribution in [3.63, 3.8) is 0 Å². The summed E-state index contributed by atoms with van der Waals surface area (Å²) in [5, 5.41) is 0. The van der Waals surface area contributed by atoms with Crippen LogP contribution < -0.4 is 0 Å². The number of rotatable bonds is 4. The lowest BCUT2D eigenvalue weighted by atomic mass is 9.87. The van der Waals surface area contributed by atoms with E-state index in [0.717, 1.165) is 11.6 Å². The summed E-state index contributed by atoms with van der Waals surface area (Å²) < 4.78 is 33.5. The molecule has 170 valence electrons. The highest BCUT2D eigenvalue weighted by molar-refractivity contribution is 5.95. The Balaban J connectivity index is 1.64. The molecule has 7 heteroatoms. The molecule has 2 aromatic rings. The molecule has 2 aliphatic heterocycles. The van der Waals surface area contributed by atoms with Crippen LogP contribution in [0.15, 0.2) is 48.5 Å². The van der Waals surface area contributed by atoms with Gasteiger partial charge in [0, 0.05) is 30.6 Å². The largest absolute Gasteiger partial charge is 0.447 e. The smallest absolute Gasteiger partial charge is 0.416 e. The summed E-state index contributed by atoms with van der Waals surface area (Å²) in [6.45, 7) is 7.03. The third kappa shape index (κ3) is 4.39. The van der Waals surface area contributed by atoms with Crippen molar-refractivity contribution >= 4 is 12.0 Å². The molecule has 2 amide bonds. The molecule has 2 saturated heterocycles. The van der Waals surface area contributed by atoms with Gasteiger partial charge in [0.2, 0.25) is 5.91 Å². The summed E-state index contributed by atoms with van der Waals surface area (Å²) in [7, 11) is 0. The lowest BCUT2D eigenvalue weighted by Crippen LogP contribution is -2.46. The fraction of sp³-hybridized carbons (Fsp3) is 0.440. The number of carbonyl (C=O) groups is 2. The van der Waals surface area contributed by atoms with E-state index in [9.17, 15) is 18.4 Å². The van der Waals surface area contributed by atoms with Crippen LogP contribution in [0.3, 0.4) is 0 Å². The number of amides is 2. The highest BCUT2D eigenvalue weighted by atomic mass is 19.1. The Hall–Kier alpha value is -2.80. The number of halogens is 2. The van der Waals surface area contributed by atoms with Crippen LogP contribution >= 0.6 is 0 Å². The van der Waals surface area contributed by atoms with Crippen LogP contribution in [0.4, 0.5) is 13.6 Å². The minimum atomic E-state index is -0.673. The van der Waals surface area contributed by atoms with Gasteiger partial charge in [-0.15, -0.1) is 0 Å². The summed E-state index contributed by atoms with van der Waals surface area (Å²) in [5.41, 5.74) is 1.04. The van der Waals surface area contributed by atoms with Crippen molar-refractivity contribution in [1.29, 1.82) is 0 Å². The second kappa shape index (κ2) is 8.62. The van der Waals surface area contributed by atoms with Crippen molar-refractivity contribution in [2.75, 3.05) is 19.7 Å². The fourth-order valence-electron chi connectivity index (χ4n) is 4.66. The molecule has 0 aliphatic carbocycles. The number of cyclic esters (lactones) is 1. The van der Waals surface area contributed by atoms with Crippen LogP contribution in [-0.4, -0.2) is 53.1 Å². The lowest BCUT2D eigenvalue weighted by Gasteiger charge is -2.32. The van der Waals surface area contributed by atoms with Gasteiger partial charge in [0.25, 0.3) is 0 Å². The molecule has 0 saturated carbocycles. The number of benzene rings is 2. The van der Waals surface area contributed by atoms with Gasteiger partial charge in [0.05, 0.1) is 12.0 Å². The molecule has 2 heterocycles. The van der Waals surface area contributed by atoms with E-state index >= 15 is 0 Å². The Morgan fingerprint density at radius 3 is 2.47 bits per heavy atom. The molecule has 1 unspecified atom stereocenters. The van der Waals surface area contributed by atoms with Gasteiger partial charge in [-0.3, -0.25) is 9.69 Å². The van der Waals surface area contributed by atoms with Crippen LogP contribution in [-0.2, 0) is 16.0 Å². The molecule has 2 fully saturated rings. The molecule has 5 nitrogen and oxygen atoms in total. The highest BCUT2D eigenvalue weighted by Crippen LogP contribution is 2.39. The molecule has 2 aromatic carbocycles. The fourth-order valence-corrected chi connectivity index (χ4v) is 4.66. The molecule has 2 aliphatic rings. The summed E-state index contributed by atoms with van der Waals surface area (Å²) in [5.74, 6) is -2.83. The van der Waals surface area contributed by atoms with Crippen LogP contribution in [0.1, 0.15) is 37.8 Å². The second-order valence-electron chi connectivity index (χ2n) is 9.58. The van der Waals surface area contributed by atoms with E-state index < -0.39 is 35.6 Å². The maximum Gasteiger partial charge on any atom is 0.416 e. The number of hydrogen-bond acceptors (Lipinski definition) is 4. The third-order valence-electron chi connectivity index (χ3n) is 6.46. The maximum absolute atomic E-state index is 14.7. The Morgan fingerprint density at radius 2 is 1.81 bits per heavy atom.